The lowest BCUT2D eigenvalue weighted by atomic mass is 10.1. The molecule has 3 heterocycles. The van der Waals surface area contributed by atoms with Crippen LogP contribution in [-0.2, 0) is 4.74 Å². The van der Waals surface area contributed by atoms with E-state index in [9.17, 15) is 0 Å². The molecule has 0 aliphatic carbocycles. The zero-order chi connectivity index (χ0) is 16.7. The van der Waals surface area contributed by atoms with Crippen LogP contribution >= 0.6 is 11.3 Å². The summed E-state index contributed by atoms with van der Waals surface area (Å²) in [7, 11) is 0. The highest BCUT2D eigenvalue weighted by atomic mass is 32.1. The van der Waals surface area contributed by atoms with Crippen LogP contribution in [0.5, 0.6) is 0 Å². The maximum atomic E-state index is 5.89. The van der Waals surface area contributed by atoms with Crippen molar-refractivity contribution in [1.29, 1.82) is 0 Å². The highest BCUT2D eigenvalue weighted by molar-refractivity contribution is 7.17. The zero-order valence-electron chi connectivity index (χ0n) is 14.2. The van der Waals surface area contributed by atoms with Gasteiger partial charge in [0.1, 0.15) is 16.5 Å². The topological polar surface area (TPSA) is 38.2 Å². The van der Waals surface area contributed by atoms with E-state index in [2.05, 4.69) is 53.4 Å². The van der Waals surface area contributed by atoms with E-state index in [1.807, 2.05) is 13.0 Å². The van der Waals surface area contributed by atoms with Crippen LogP contribution in [0, 0.1) is 6.92 Å². The molecule has 4 rings (SSSR count). The molecule has 1 fully saturated rings. The van der Waals surface area contributed by atoms with E-state index in [1.165, 1.54) is 11.1 Å². The molecule has 0 saturated carbocycles. The Morgan fingerprint density at radius 1 is 1.08 bits per heavy atom. The summed E-state index contributed by atoms with van der Waals surface area (Å²) in [5, 5.41) is 3.36. The van der Waals surface area contributed by atoms with Crippen molar-refractivity contribution >= 4 is 27.4 Å². The number of hydrogen-bond acceptors (Lipinski definition) is 5. The summed E-state index contributed by atoms with van der Waals surface area (Å²) in [6, 6.07) is 10.5. The average Bonchev–Trinajstić information content (AvgIpc) is 2.97. The number of aromatic nitrogens is 2. The van der Waals surface area contributed by atoms with E-state index in [0.717, 1.165) is 34.9 Å². The third-order valence-corrected chi connectivity index (χ3v) is 5.20. The fourth-order valence-electron chi connectivity index (χ4n) is 3.44. The van der Waals surface area contributed by atoms with E-state index >= 15 is 0 Å². The predicted octanol–water partition coefficient (Wildman–Crippen LogP) is 4.28. The molecular formula is C19H21N3OS. The third-order valence-electron chi connectivity index (χ3n) is 4.33. The predicted molar refractivity (Wildman–Crippen MR) is 99.8 cm³/mol. The summed E-state index contributed by atoms with van der Waals surface area (Å²) in [6.07, 6.45) is 0.413. The van der Waals surface area contributed by atoms with E-state index in [4.69, 9.17) is 9.72 Å². The largest absolute Gasteiger partial charge is 0.372 e. The molecule has 2 aromatic heterocycles. The number of aryl methyl sites for hydroxylation is 1. The van der Waals surface area contributed by atoms with Crippen LogP contribution in [0.3, 0.4) is 0 Å². The van der Waals surface area contributed by atoms with Gasteiger partial charge in [0, 0.05) is 24.0 Å². The van der Waals surface area contributed by atoms with Gasteiger partial charge in [-0.1, -0.05) is 30.3 Å². The van der Waals surface area contributed by atoms with Gasteiger partial charge in [0.2, 0.25) is 0 Å². The van der Waals surface area contributed by atoms with Crippen molar-refractivity contribution in [2.24, 2.45) is 0 Å². The van der Waals surface area contributed by atoms with Gasteiger partial charge in [-0.3, -0.25) is 0 Å². The van der Waals surface area contributed by atoms with Crippen LogP contribution in [0.15, 0.2) is 35.7 Å². The van der Waals surface area contributed by atoms with Gasteiger partial charge < -0.3 is 9.64 Å². The van der Waals surface area contributed by atoms with Crippen LogP contribution in [0.1, 0.15) is 19.7 Å². The first-order valence-corrected chi connectivity index (χ1v) is 9.21. The van der Waals surface area contributed by atoms with Crippen LogP contribution < -0.4 is 4.90 Å². The lowest BCUT2D eigenvalue weighted by Crippen LogP contribution is -2.46. The normalized spacial score (nSPS) is 21.4. The first-order chi connectivity index (χ1) is 11.6. The molecule has 5 heteroatoms. The first-order valence-electron chi connectivity index (χ1n) is 8.33. The second kappa shape index (κ2) is 6.15. The van der Waals surface area contributed by atoms with Gasteiger partial charge in [-0.05, 0) is 26.3 Å². The minimum atomic E-state index is 0.206. The molecule has 0 amide bonds. The van der Waals surface area contributed by atoms with Crippen molar-refractivity contribution < 1.29 is 4.74 Å². The summed E-state index contributed by atoms with van der Waals surface area (Å²) in [6.45, 7) is 7.94. The third kappa shape index (κ3) is 2.78. The molecule has 1 aliphatic rings. The number of nitrogens with zero attached hydrogens (tertiary/aromatic N) is 3. The van der Waals surface area contributed by atoms with Crippen molar-refractivity contribution in [2.75, 3.05) is 18.0 Å². The fraction of sp³-hybridized carbons (Fsp3) is 0.368. The van der Waals surface area contributed by atoms with Crippen molar-refractivity contribution in [3.8, 4) is 11.1 Å². The first kappa shape index (κ1) is 15.5. The fourth-order valence-corrected chi connectivity index (χ4v) is 4.42. The highest BCUT2D eigenvalue weighted by Crippen LogP contribution is 2.38. The van der Waals surface area contributed by atoms with Gasteiger partial charge in [-0.2, -0.15) is 0 Å². The van der Waals surface area contributed by atoms with Gasteiger partial charge >= 0.3 is 0 Å². The monoisotopic (exact) mass is 339 g/mol. The maximum absolute atomic E-state index is 5.89. The zero-order valence-corrected chi connectivity index (χ0v) is 15.0. The molecule has 0 radical (unpaired) electrons. The van der Waals surface area contributed by atoms with Crippen LogP contribution in [-0.4, -0.2) is 35.3 Å². The average molecular weight is 339 g/mol. The number of benzene rings is 1. The molecule has 1 aliphatic heterocycles. The van der Waals surface area contributed by atoms with Crippen LogP contribution in [0.25, 0.3) is 21.3 Å². The molecule has 24 heavy (non-hydrogen) atoms. The lowest BCUT2D eigenvalue weighted by Gasteiger charge is -2.36. The van der Waals surface area contributed by atoms with E-state index < -0.39 is 0 Å². The van der Waals surface area contributed by atoms with E-state index in [0.29, 0.717) is 0 Å². The van der Waals surface area contributed by atoms with Gasteiger partial charge in [0.25, 0.3) is 0 Å². The van der Waals surface area contributed by atoms with Crippen molar-refractivity contribution in [2.45, 2.75) is 33.0 Å². The van der Waals surface area contributed by atoms with Crippen molar-refractivity contribution in [3.63, 3.8) is 0 Å². The van der Waals surface area contributed by atoms with Crippen LogP contribution in [0.4, 0.5) is 5.82 Å². The van der Waals surface area contributed by atoms with Gasteiger partial charge in [-0.15, -0.1) is 11.3 Å². The number of anilines is 1. The number of fused-ring (bicyclic) bond motifs is 1. The Labute approximate surface area is 146 Å². The number of ether oxygens (including phenoxy) is 1. The number of morpholine rings is 1. The summed E-state index contributed by atoms with van der Waals surface area (Å²) in [5.74, 6) is 1.87. The second-order valence-electron chi connectivity index (χ2n) is 6.45. The van der Waals surface area contributed by atoms with E-state index in [1.54, 1.807) is 11.3 Å². The molecule has 2 unspecified atom stereocenters. The Kier molecular flexibility index (Phi) is 3.98. The molecule has 124 valence electrons. The minimum absolute atomic E-state index is 0.206. The second-order valence-corrected chi connectivity index (χ2v) is 7.31. The Hall–Kier alpha value is -1.98. The molecule has 0 spiro atoms. The lowest BCUT2D eigenvalue weighted by molar-refractivity contribution is -0.00537. The standard InChI is InChI=1S/C19H21N3OS/c1-12-9-22(10-13(2)23-12)18-17-16(15-7-5-4-6-8-15)11-24-19(17)21-14(3)20-18/h4-8,11-13H,9-10H2,1-3H3. The van der Waals surface area contributed by atoms with Gasteiger partial charge in [0.05, 0.1) is 17.6 Å². The van der Waals surface area contributed by atoms with Crippen LogP contribution in [0.2, 0.25) is 0 Å². The van der Waals surface area contributed by atoms with Crippen molar-refractivity contribution in [3.05, 3.63) is 41.5 Å². The number of thiophene rings is 1. The van der Waals surface area contributed by atoms with E-state index in [-0.39, 0.29) is 12.2 Å². The molecule has 3 aromatic rings. The molecule has 0 N–H and O–H groups in total. The smallest absolute Gasteiger partial charge is 0.141 e. The van der Waals surface area contributed by atoms with Gasteiger partial charge in [0.15, 0.2) is 0 Å². The summed E-state index contributed by atoms with van der Waals surface area (Å²) in [4.78, 5) is 12.9. The van der Waals surface area contributed by atoms with Gasteiger partial charge in [-0.25, -0.2) is 9.97 Å². The molecule has 0 bridgehead atoms. The molecular weight excluding hydrogens is 318 g/mol. The Morgan fingerprint density at radius 2 is 1.79 bits per heavy atom. The Balaban J connectivity index is 1.89. The number of hydrogen-bond donors (Lipinski definition) is 0. The molecule has 4 nitrogen and oxygen atoms in total. The summed E-state index contributed by atoms with van der Waals surface area (Å²) in [5.41, 5.74) is 2.43. The molecule has 1 aromatic carbocycles. The Morgan fingerprint density at radius 3 is 2.50 bits per heavy atom. The summed E-state index contributed by atoms with van der Waals surface area (Å²) >= 11 is 1.69. The minimum Gasteiger partial charge on any atom is -0.372 e. The quantitative estimate of drug-likeness (QED) is 0.698. The number of rotatable bonds is 2. The summed E-state index contributed by atoms with van der Waals surface area (Å²) < 4.78 is 5.89. The maximum Gasteiger partial charge on any atom is 0.141 e. The highest BCUT2D eigenvalue weighted by Gasteiger charge is 2.26. The van der Waals surface area contributed by atoms with Crippen molar-refractivity contribution in [1.82, 2.24) is 9.97 Å². The molecule has 2 atom stereocenters. The molecule has 1 saturated heterocycles. The Bertz CT molecular complexity index is 852. The SMILES string of the molecule is Cc1nc(N2CC(C)OC(C)C2)c2c(-c3ccccc3)csc2n1.